The molecule has 0 amide bonds. The summed E-state index contributed by atoms with van der Waals surface area (Å²) in [4.78, 5) is 4.32. The Morgan fingerprint density at radius 3 is 2.47 bits per heavy atom. The predicted molar refractivity (Wildman–Crippen MR) is 70.6 cm³/mol. The van der Waals surface area contributed by atoms with Gasteiger partial charge in [-0.1, -0.05) is 26.8 Å². The van der Waals surface area contributed by atoms with Gasteiger partial charge in [0.25, 0.3) is 0 Å². The van der Waals surface area contributed by atoms with E-state index in [2.05, 4.69) is 37.9 Å². The fourth-order valence-electron chi connectivity index (χ4n) is 1.93. The number of nitrogens with two attached hydrogens (primary N) is 1. The molecule has 2 rings (SSSR count). The van der Waals surface area contributed by atoms with Crippen LogP contribution in [0.25, 0.3) is 0 Å². The van der Waals surface area contributed by atoms with E-state index < -0.39 is 5.72 Å². The molecule has 0 fully saturated rings. The third-order valence-corrected chi connectivity index (χ3v) is 2.87. The highest BCUT2D eigenvalue weighted by atomic mass is 16.5. The Kier molecular flexibility index (Phi) is 2.45. The predicted octanol–water partition coefficient (Wildman–Crippen LogP) is 2.82. The van der Waals surface area contributed by atoms with Crippen LogP contribution in [-0.2, 0) is 5.41 Å². The molecule has 1 aliphatic heterocycles. The van der Waals surface area contributed by atoms with Gasteiger partial charge in [-0.2, -0.15) is 0 Å². The van der Waals surface area contributed by atoms with E-state index in [1.165, 1.54) is 5.56 Å². The molecule has 0 atom stereocenters. The molecule has 1 aromatic carbocycles. The van der Waals surface area contributed by atoms with Crippen LogP contribution < -0.4 is 10.5 Å². The van der Waals surface area contributed by atoms with E-state index in [-0.39, 0.29) is 5.41 Å². The molecule has 0 aromatic heterocycles. The number of ether oxygens (including phenoxy) is 1. The van der Waals surface area contributed by atoms with Crippen molar-refractivity contribution >= 4 is 5.84 Å². The summed E-state index contributed by atoms with van der Waals surface area (Å²) in [5.74, 6) is 1.38. The number of nitrogens with zero attached hydrogens (tertiary/aromatic N) is 1. The fourth-order valence-corrected chi connectivity index (χ4v) is 1.93. The monoisotopic (exact) mass is 232 g/mol. The third-order valence-electron chi connectivity index (χ3n) is 2.87. The van der Waals surface area contributed by atoms with Crippen molar-refractivity contribution in [3.63, 3.8) is 0 Å². The van der Waals surface area contributed by atoms with Crippen molar-refractivity contribution < 1.29 is 4.74 Å². The molecule has 0 saturated heterocycles. The molecule has 1 heterocycles. The van der Waals surface area contributed by atoms with Crippen molar-refractivity contribution in [1.82, 2.24) is 0 Å². The number of hydrogen-bond acceptors (Lipinski definition) is 3. The van der Waals surface area contributed by atoms with Gasteiger partial charge in [0.2, 0.25) is 0 Å². The van der Waals surface area contributed by atoms with E-state index in [4.69, 9.17) is 10.5 Å². The zero-order chi connectivity index (χ0) is 12.8. The molecule has 0 saturated carbocycles. The first kappa shape index (κ1) is 12.0. The highest BCUT2D eigenvalue weighted by Gasteiger charge is 2.28. The second kappa shape index (κ2) is 3.49. The number of benzene rings is 1. The Bertz CT molecular complexity index is 481. The summed E-state index contributed by atoms with van der Waals surface area (Å²) in [6, 6.07) is 6.14. The van der Waals surface area contributed by atoms with E-state index in [0.29, 0.717) is 5.84 Å². The van der Waals surface area contributed by atoms with E-state index in [9.17, 15) is 0 Å². The number of amidine groups is 1. The largest absolute Gasteiger partial charge is 0.466 e. The second-order valence-corrected chi connectivity index (χ2v) is 6.01. The summed E-state index contributed by atoms with van der Waals surface area (Å²) in [6.45, 7) is 10.4. The quantitative estimate of drug-likeness (QED) is 0.747. The molecule has 1 aliphatic rings. The average molecular weight is 232 g/mol. The fraction of sp³-hybridized carbons (Fsp3) is 0.500. The van der Waals surface area contributed by atoms with Gasteiger partial charge in [-0.25, -0.2) is 4.99 Å². The highest BCUT2D eigenvalue weighted by Crippen LogP contribution is 2.33. The van der Waals surface area contributed by atoms with Crippen LogP contribution in [0.4, 0.5) is 0 Å². The summed E-state index contributed by atoms with van der Waals surface area (Å²) >= 11 is 0. The molecule has 92 valence electrons. The molecular weight excluding hydrogens is 212 g/mol. The summed E-state index contributed by atoms with van der Waals surface area (Å²) in [5, 5.41) is 0. The lowest BCUT2D eigenvalue weighted by molar-refractivity contribution is 0.115. The zero-order valence-corrected chi connectivity index (χ0v) is 11.2. The van der Waals surface area contributed by atoms with E-state index in [1.807, 2.05) is 19.9 Å². The van der Waals surface area contributed by atoms with Crippen molar-refractivity contribution in [2.75, 3.05) is 0 Å². The molecular formula is C14H20N2O. The third kappa shape index (κ3) is 2.28. The number of fused-ring (bicyclic) bond motifs is 1. The van der Waals surface area contributed by atoms with Gasteiger partial charge in [0, 0.05) is 0 Å². The molecule has 2 N–H and O–H groups in total. The zero-order valence-electron chi connectivity index (χ0n) is 11.2. The molecule has 3 nitrogen and oxygen atoms in total. The van der Waals surface area contributed by atoms with Crippen LogP contribution in [0, 0.1) is 0 Å². The Morgan fingerprint density at radius 2 is 1.88 bits per heavy atom. The topological polar surface area (TPSA) is 47.6 Å². The lowest BCUT2D eigenvalue weighted by atomic mass is 9.86. The van der Waals surface area contributed by atoms with Gasteiger partial charge in [-0.3, -0.25) is 0 Å². The van der Waals surface area contributed by atoms with Gasteiger partial charge in [0.15, 0.2) is 5.72 Å². The Morgan fingerprint density at radius 1 is 1.24 bits per heavy atom. The number of rotatable bonds is 0. The Labute approximate surface area is 103 Å². The average Bonchev–Trinajstić information content (AvgIpc) is 2.13. The van der Waals surface area contributed by atoms with Gasteiger partial charge >= 0.3 is 0 Å². The minimum atomic E-state index is -0.576. The van der Waals surface area contributed by atoms with Crippen LogP contribution in [0.2, 0.25) is 0 Å². The number of aliphatic imine (C=N–C) groups is 1. The summed E-state index contributed by atoms with van der Waals surface area (Å²) in [6.07, 6.45) is 0. The SMILES string of the molecule is CC1(C)N=C(N)c2ccc(C(C)(C)C)cc2O1. The summed E-state index contributed by atoms with van der Waals surface area (Å²) < 4.78 is 5.86. The van der Waals surface area contributed by atoms with Crippen molar-refractivity contribution in [3.05, 3.63) is 29.3 Å². The first-order valence-electron chi connectivity index (χ1n) is 5.88. The van der Waals surface area contributed by atoms with Crippen LogP contribution in [-0.4, -0.2) is 11.6 Å². The summed E-state index contributed by atoms with van der Waals surface area (Å²) in [7, 11) is 0. The highest BCUT2D eigenvalue weighted by molar-refractivity contribution is 6.01. The summed E-state index contributed by atoms with van der Waals surface area (Å²) in [5.41, 5.74) is 7.60. The minimum absolute atomic E-state index is 0.103. The van der Waals surface area contributed by atoms with Gasteiger partial charge in [0.1, 0.15) is 11.6 Å². The molecule has 0 unspecified atom stereocenters. The molecule has 0 bridgehead atoms. The van der Waals surface area contributed by atoms with Crippen LogP contribution >= 0.6 is 0 Å². The van der Waals surface area contributed by atoms with Crippen molar-refractivity contribution in [3.8, 4) is 5.75 Å². The van der Waals surface area contributed by atoms with Gasteiger partial charge < -0.3 is 10.5 Å². The van der Waals surface area contributed by atoms with Gasteiger partial charge in [0.05, 0.1) is 5.56 Å². The molecule has 3 heteroatoms. The molecule has 0 radical (unpaired) electrons. The maximum Gasteiger partial charge on any atom is 0.196 e. The van der Waals surface area contributed by atoms with Crippen LogP contribution in [0.3, 0.4) is 0 Å². The molecule has 0 aliphatic carbocycles. The second-order valence-electron chi connectivity index (χ2n) is 6.01. The van der Waals surface area contributed by atoms with Gasteiger partial charge in [-0.05, 0) is 37.0 Å². The molecule has 0 spiro atoms. The molecule has 17 heavy (non-hydrogen) atoms. The van der Waals surface area contributed by atoms with E-state index >= 15 is 0 Å². The molecule has 1 aromatic rings. The van der Waals surface area contributed by atoms with Crippen LogP contribution in [0.1, 0.15) is 45.7 Å². The Balaban J connectivity index is 2.52. The van der Waals surface area contributed by atoms with E-state index in [0.717, 1.165) is 11.3 Å². The standard InChI is InChI=1S/C14H20N2O/c1-13(2,3)9-6-7-10-11(8-9)17-14(4,5)16-12(10)15/h6-8H,1-5H3,(H2,15,16). The normalized spacial score (nSPS) is 18.1. The Hall–Kier alpha value is -1.51. The maximum absolute atomic E-state index is 5.95. The first-order valence-corrected chi connectivity index (χ1v) is 5.88. The van der Waals surface area contributed by atoms with Crippen LogP contribution in [0.15, 0.2) is 23.2 Å². The first-order chi connectivity index (χ1) is 7.69. The lowest BCUT2D eigenvalue weighted by Crippen LogP contribution is -2.35. The lowest BCUT2D eigenvalue weighted by Gasteiger charge is -2.30. The minimum Gasteiger partial charge on any atom is -0.466 e. The van der Waals surface area contributed by atoms with Crippen molar-refractivity contribution in [1.29, 1.82) is 0 Å². The van der Waals surface area contributed by atoms with Crippen molar-refractivity contribution in [2.24, 2.45) is 10.7 Å². The number of hydrogen-bond donors (Lipinski definition) is 1. The van der Waals surface area contributed by atoms with E-state index in [1.54, 1.807) is 0 Å². The van der Waals surface area contributed by atoms with Crippen molar-refractivity contribution in [2.45, 2.75) is 45.8 Å². The smallest absolute Gasteiger partial charge is 0.196 e. The maximum atomic E-state index is 5.95. The van der Waals surface area contributed by atoms with Gasteiger partial charge in [-0.15, -0.1) is 0 Å². The van der Waals surface area contributed by atoms with Crippen LogP contribution in [0.5, 0.6) is 5.75 Å².